The highest BCUT2D eigenvalue weighted by Gasteiger charge is 2.26. The lowest BCUT2D eigenvalue weighted by molar-refractivity contribution is -0.134. The van der Waals surface area contributed by atoms with Crippen LogP contribution in [0.25, 0.3) is 11.3 Å². The maximum Gasteiger partial charge on any atom is 0.243 e. The van der Waals surface area contributed by atoms with Crippen molar-refractivity contribution in [3.8, 4) is 11.3 Å². The average Bonchev–Trinajstić information content (AvgIpc) is 3.00. The Morgan fingerprint density at radius 1 is 1.04 bits per heavy atom. The Hall–Kier alpha value is -2.11. The zero-order valence-corrected chi connectivity index (χ0v) is 15.7. The van der Waals surface area contributed by atoms with E-state index in [4.69, 9.17) is 11.6 Å². The fraction of sp³-hybridized carbons (Fsp3) is 0.158. The molecule has 1 amide bonds. The molecule has 0 aliphatic carbocycles. The first-order valence-corrected chi connectivity index (χ1v) is 9.09. The number of imidazole rings is 1. The Kier molecular flexibility index (Phi) is 4.36. The van der Waals surface area contributed by atoms with Crippen molar-refractivity contribution in [2.45, 2.75) is 19.6 Å². The summed E-state index contributed by atoms with van der Waals surface area (Å²) >= 11 is 9.39. The van der Waals surface area contributed by atoms with Gasteiger partial charge in [0.15, 0.2) is 0 Å². The summed E-state index contributed by atoms with van der Waals surface area (Å²) in [6.07, 6.45) is 1.75. The Balaban J connectivity index is 1.62. The fourth-order valence-corrected chi connectivity index (χ4v) is 3.42. The van der Waals surface area contributed by atoms with Crippen LogP contribution in [0, 0.1) is 0 Å². The maximum atomic E-state index is 12.5. The molecule has 3 aromatic rings. The summed E-state index contributed by atoms with van der Waals surface area (Å²) in [4.78, 5) is 18.9. The van der Waals surface area contributed by atoms with Gasteiger partial charge in [-0.15, -0.1) is 0 Å². The highest BCUT2D eigenvalue weighted by Crippen LogP contribution is 2.28. The van der Waals surface area contributed by atoms with Crippen LogP contribution in [0.4, 0.5) is 0 Å². The number of nitrogens with zero attached hydrogens (tertiary/aromatic N) is 3. The largest absolute Gasteiger partial charge is 0.331 e. The SMILES string of the molecule is O=C1Cn2cnc(-c3ccc(Br)cc3)c2CN1Cc1ccc(Cl)cc1. The standard InChI is InChI=1S/C19H15BrClN3O/c20-15-5-3-14(4-6-15)19-17-10-23(18(25)11-24(17)12-22-19)9-13-1-7-16(21)8-2-13/h1-8,12H,9-11H2. The number of aromatic nitrogens is 2. The lowest BCUT2D eigenvalue weighted by atomic mass is 10.1. The molecule has 6 heteroatoms. The average molecular weight is 417 g/mol. The first kappa shape index (κ1) is 16.4. The molecule has 0 atom stereocenters. The minimum absolute atomic E-state index is 0.0993. The van der Waals surface area contributed by atoms with E-state index in [-0.39, 0.29) is 5.91 Å². The van der Waals surface area contributed by atoms with E-state index in [1.165, 1.54) is 0 Å². The molecule has 0 bridgehead atoms. The molecular formula is C19H15BrClN3O. The topological polar surface area (TPSA) is 38.1 Å². The smallest absolute Gasteiger partial charge is 0.243 e. The molecule has 0 fully saturated rings. The highest BCUT2D eigenvalue weighted by molar-refractivity contribution is 9.10. The maximum absolute atomic E-state index is 12.5. The number of benzene rings is 2. The summed E-state index contributed by atoms with van der Waals surface area (Å²) in [7, 11) is 0. The van der Waals surface area contributed by atoms with Gasteiger partial charge in [0.1, 0.15) is 6.54 Å². The second-order valence-electron chi connectivity index (χ2n) is 6.05. The molecule has 4 rings (SSSR count). The monoisotopic (exact) mass is 415 g/mol. The van der Waals surface area contributed by atoms with E-state index in [0.29, 0.717) is 24.7 Å². The van der Waals surface area contributed by atoms with Crippen LogP contribution in [0.3, 0.4) is 0 Å². The van der Waals surface area contributed by atoms with Crippen molar-refractivity contribution in [1.82, 2.24) is 14.5 Å². The van der Waals surface area contributed by atoms with Gasteiger partial charge in [-0.1, -0.05) is 51.8 Å². The van der Waals surface area contributed by atoms with Gasteiger partial charge in [0.2, 0.25) is 5.91 Å². The molecule has 1 aliphatic heterocycles. The van der Waals surface area contributed by atoms with Crippen LogP contribution in [0.1, 0.15) is 11.3 Å². The lowest BCUT2D eigenvalue weighted by Crippen LogP contribution is -2.38. The van der Waals surface area contributed by atoms with Gasteiger partial charge in [-0.2, -0.15) is 0 Å². The van der Waals surface area contributed by atoms with Crippen LogP contribution >= 0.6 is 27.5 Å². The molecule has 1 aromatic heterocycles. The second-order valence-corrected chi connectivity index (χ2v) is 7.40. The molecule has 2 heterocycles. The molecule has 1 aliphatic rings. The molecule has 0 saturated heterocycles. The quantitative estimate of drug-likeness (QED) is 0.630. The predicted molar refractivity (Wildman–Crippen MR) is 101 cm³/mol. The van der Waals surface area contributed by atoms with Crippen LogP contribution in [0.15, 0.2) is 59.3 Å². The molecule has 25 heavy (non-hydrogen) atoms. The zero-order valence-electron chi connectivity index (χ0n) is 13.3. The molecule has 126 valence electrons. The third-order valence-corrected chi connectivity index (χ3v) is 5.13. The number of carbonyl (C=O) groups excluding carboxylic acids is 1. The summed E-state index contributed by atoms with van der Waals surface area (Å²) in [5, 5.41) is 0.698. The van der Waals surface area contributed by atoms with Gasteiger partial charge in [0.25, 0.3) is 0 Å². The van der Waals surface area contributed by atoms with Gasteiger partial charge in [-0.3, -0.25) is 4.79 Å². The van der Waals surface area contributed by atoms with Crippen molar-refractivity contribution in [2.24, 2.45) is 0 Å². The van der Waals surface area contributed by atoms with Crippen LogP contribution in [0.5, 0.6) is 0 Å². The molecule has 0 spiro atoms. The van der Waals surface area contributed by atoms with Crippen molar-refractivity contribution < 1.29 is 4.79 Å². The van der Waals surface area contributed by atoms with Crippen LogP contribution in [-0.2, 0) is 24.4 Å². The third kappa shape index (κ3) is 3.34. The molecular weight excluding hydrogens is 402 g/mol. The van der Waals surface area contributed by atoms with E-state index >= 15 is 0 Å². The number of carbonyl (C=O) groups is 1. The fourth-order valence-electron chi connectivity index (χ4n) is 3.03. The second kappa shape index (κ2) is 6.65. The van der Waals surface area contributed by atoms with Gasteiger partial charge in [-0.05, 0) is 29.8 Å². The predicted octanol–water partition coefficient (Wildman–Crippen LogP) is 4.51. The van der Waals surface area contributed by atoms with E-state index in [1.807, 2.05) is 58.0 Å². The molecule has 4 nitrogen and oxygen atoms in total. The Bertz CT molecular complexity index is 919. The van der Waals surface area contributed by atoms with E-state index in [2.05, 4.69) is 20.9 Å². The summed E-state index contributed by atoms with van der Waals surface area (Å²) in [5.41, 5.74) is 4.12. The van der Waals surface area contributed by atoms with Crippen LogP contribution in [0.2, 0.25) is 5.02 Å². The minimum atomic E-state index is 0.0993. The molecule has 0 saturated carbocycles. The summed E-state index contributed by atoms with van der Waals surface area (Å²) < 4.78 is 2.97. The summed E-state index contributed by atoms with van der Waals surface area (Å²) in [6, 6.07) is 15.7. The first-order chi connectivity index (χ1) is 12.1. The Labute approximate surface area is 159 Å². The minimum Gasteiger partial charge on any atom is -0.331 e. The summed E-state index contributed by atoms with van der Waals surface area (Å²) in [6.45, 7) is 1.44. The number of rotatable bonds is 3. The van der Waals surface area contributed by atoms with Gasteiger partial charge < -0.3 is 9.47 Å². The van der Waals surface area contributed by atoms with Crippen LogP contribution in [-0.4, -0.2) is 20.4 Å². The van der Waals surface area contributed by atoms with Crippen molar-refractivity contribution in [2.75, 3.05) is 0 Å². The molecule has 0 unspecified atom stereocenters. The van der Waals surface area contributed by atoms with Crippen molar-refractivity contribution in [3.05, 3.63) is 75.6 Å². The van der Waals surface area contributed by atoms with E-state index in [9.17, 15) is 4.79 Å². The number of hydrogen-bond donors (Lipinski definition) is 0. The normalized spacial score (nSPS) is 13.8. The Morgan fingerprint density at radius 2 is 1.76 bits per heavy atom. The highest BCUT2D eigenvalue weighted by atomic mass is 79.9. The summed E-state index contributed by atoms with van der Waals surface area (Å²) in [5.74, 6) is 0.0993. The van der Waals surface area contributed by atoms with Gasteiger partial charge in [0.05, 0.1) is 24.3 Å². The molecule has 0 N–H and O–H groups in total. The van der Waals surface area contributed by atoms with Gasteiger partial charge in [0, 0.05) is 21.6 Å². The van der Waals surface area contributed by atoms with Crippen molar-refractivity contribution in [3.63, 3.8) is 0 Å². The van der Waals surface area contributed by atoms with Gasteiger partial charge in [-0.25, -0.2) is 4.98 Å². The first-order valence-electron chi connectivity index (χ1n) is 7.92. The van der Waals surface area contributed by atoms with E-state index in [1.54, 1.807) is 6.33 Å². The van der Waals surface area contributed by atoms with Crippen LogP contribution < -0.4 is 0 Å². The molecule has 0 radical (unpaired) electrons. The third-order valence-electron chi connectivity index (χ3n) is 4.35. The lowest BCUT2D eigenvalue weighted by Gasteiger charge is -2.28. The number of fused-ring (bicyclic) bond motifs is 1. The zero-order chi connectivity index (χ0) is 17.4. The molecule has 2 aromatic carbocycles. The van der Waals surface area contributed by atoms with Crippen molar-refractivity contribution in [1.29, 1.82) is 0 Å². The number of halogens is 2. The van der Waals surface area contributed by atoms with Crippen molar-refractivity contribution >= 4 is 33.4 Å². The van der Waals surface area contributed by atoms with E-state index in [0.717, 1.165) is 27.0 Å². The van der Waals surface area contributed by atoms with Gasteiger partial charge >= 0.3 is 0 Å². The number of hydrogen-bond acceptors (Lipinski definition) is 2. The Morgan fingerprint density at radius 3 is 2.48 bits per heavy atom. The number of amides is 1. The van der Waals surface area contributed by atoms with E-state index < -0.39 is 0 Å².